The molecule has 0 aromatic carbocycles. The van der Waals surface area contributed by atoms with E-state index >= 15 is 0 Å². The van der Waals surface area contributed by atoms with Gasteiger partial charge in [-0.3, -0.25) is 9.97 Å². The minimum absolute atomic E-state index is 0.207. The van der Waals surface area contributed by atoms with Crippen LogP contribution in [0.1, 0.15) is 43.3 Å². The van der Waals surface area contributed by atoms with Crippen LogP contribution in [0.3, 0.4) is 0 Å². The third-order valence-corrected chi connectivity index (χ3v) is 3.92. The lowest BCUT2D eigenvalue weighted by atomic mass is 10.1. The molecule has 0 bridgehead atoms. The maximum Gasteiger partial charge on any atom is 0.0578 e. The molecule has 2 heterocycles. The molecular weight excluding hydrogens is 326 g/mol. The maximum absolute atomic E-state index is 4.56. The summed E-state index contributed by atoms with van der Waals surface area (Å²) < 4.78 is 1.01. The second-order valence-electron chi connectivity index (χ2n) is 5.12. The number of halogens is 1. The molecule has 0 aliphatic rings. The van der Waals surface area contributed by atoms with Crippen LogP contribution in [0.15, 0.2) is 41.1 Å². The van der Waals surface area contributed by atoms with E-state index in [1.165, 1.54) is 5.56 Å². The Labute approximate surface area is 135 Å². The molecule has 0 radical (unpaired) electrons. The van der Waals surface area contributed by atoms with Crippen molar-refractivity contribution in [1.29, 1.82) is 0 Å². The third-order valence-electron chi connectivity index (χ3n) is 3.46. The van der Waals surface area contributed by atoms with Crippen molar-refractivity contribution in [1.82, 2.24) is 15.3 Å². The van der Waals surface area contributed by atoms with Crippen molar-refractivity contribution in [3.05, 3.63) is 58.1 Å². The number of rotatable bonds is 7. The second-order valence-corrected chi connectivity index (χ2v) is 6.04. The van der Waals surface area contributed by atoms with Gasteiger partial charge in [-0.15, -0.1) is 0 Å². The Balaban J connectivity index is 2.13. The molecule has 1 N–H and O–H groups in total. The monoisotopic (exact) mass is 347 g/mol. The molecule has 21 heavy (non-hydrogen) atoms. The molecule has 1 unspecified atom stereocenters. The number of aryl methyl sites for hydroxylation is 1. The Morgan fingerprint density at radius 3 is 2.52 bits per heavy atom. The summed E-state index contributed by atoms with van der Waals surface area (Å²) in [6.45, 7) is 5.30. The summed E-state index contributed by atoms with van der Waals surface area (Å²) in [7, 11) is 0. The summed E-state index contributed by atoms with van der Waals surface area (Å²) in [6.07, 6.45) is 6.82. The molecule has 2 aromatic rings. The summed E-state index contributed by atoms with van der Waals surface area (Å²) in [4.78, 5) is 9.09. The molecule has 0 amide bonds. The Morgan fingerprint density at radius 2 is 1.95 bits per heavy atom. The highest BCUT2D eigenvalue weighted by Crippen LogP contribution is 2.18. The van der Waals surface area contributed by atoms with E-state index in [1.54, 1.807) is 0 Å². The molecule has 4 heteroatoms. The van der Waals surface area contributed by atoms with E-state index < -0.39 is 0 Å². The van der Waals surface area contributed by atoms with E-state index in [4.69, 9.17) is 0 Å². The number of pyridine rings is 2. The molecule has 0 saturated heterocycles. The number of aromatic nitrogens is 2. The van der Waals surface area contributed by atoms with Crippen LogP contribution in [-0.2, 0) is 12.8 Å². The zero-order chi connectivity index (χ0) is 15.1. The Kier molecular flexibility index (Phi) is 6.33. The molecule has 2 rings (SSSR count). The number of hydrogen-bond acceptors (Lipinski definition) is 3. The summed E-state index contributed by atoms with van der Waals surface area (Å²) >= 11 is 3.43. The first kappa shape index (κ1) is 16.1. The molecule has 0 aliphatic carbocycles. The van der Waals surface area contributed by atoms with Crippen molar-refractivity contribution in [2.75, 3.05) is 6.54 Å². The van der Waals surface area contributed by atoms with Gasteiger partial charge < -0.3 is 5.32 Å². The fourth-order valence-electron chi connectivity index (χ4n) is 2.19. The van der Waals surface area contributed by atoms with E-state index in [0.717, 1.165) is 41.7 Å². The van der Waals surface area contributed by atoms with E-state index in [2.05, 4.69) is 63.3 Å². The van der Waals surface area contributed by atoms with Gasteiger partial charge in [0.25, 0.3) is 0 Å². The molecule has 0 aliphatic heterocycles. The largest absolute Gasteiger partial charge is 0.308 e. The van der Waals surface area contributed by atoms with E-state index in [1.807, 2.05) is 18.5 Å². The van der Waals surface area contributed by atoms with Crippen molar-refractivity contribution in [2.45, 2.75) is 39.2 Å². The number of nitrogens with one attached hydrogen (secondary N) is 1. The van der Waals surface area contributed by atoms with Crippen LogP contribution in [-0.4, -0.2) is 16.5 Å². The Morgan fingerprint density at radius 1 is 1.10 bits per heavy atom. The van der Waals surface area contributed by atoms with Crippen LogP contribution in [0.5, 0.6) is 0 Å². The quantitative estimate of drug-likeness (QED) is 0.819. The van der Waals surface area contributed by atoms with Gasteiger partial charge in [-0.05, 0) is 59.1 Å². The van der Waals surface area contributed by atoms with Crippen LogP contribution in [0.25, 0.3) is 0 Å². The van der Waals surface area contributed by atoms with Gasteiger partial charge in [0.1, 0.15) is 0 Å². The van der Waals surface area contributed by atoms with Crippen molar-refractivity contribution in [2.24, 2.45) is 0 Å². The second kappa shape index (κ2) is 8.25. The number of hydrogen-bond donors (Lipinski definition) is 1. The van der Waals surface area contributed by atoms with Crippen LogP contribution in [0, 0.1) is 0 Å². The van der Waals surface area contributed by atoms with Gasteiger partial charge in [0.15, 0.2) is 0 Å². The zero-order valence-corrected chi connectivity index (χ0v) is 14.2. The first-order valence-corrected chi connectivity index (χ1v) is 8.30. The van der Waals surface area contributed by atoms with E-state index in [-0.39, 0.29) is 6.04 Å². The SMILES string of the molecule is CCCNC(Cc1ccc(CC)cn1)c1ccc(Br)cn1. The fraction of sp³-hybridized carbons (Fsp3) is 0.412. The summed E-state index contributed by atoms with van der Waals surface area (Å²) in [5.74, 6) is 0. The molecule has 0 spiro atoms. The van der Waals surface area contributed by atoms with Crippen LogP contribution in [0.4, 0.5) is 0 Å². The summed E-state index contributed by atoms with van der Waals surface area (Å²) in [5, 5.41) is 3.56. The average molecular weight is 348 g/mol. The Hall–Kier alpha value is -1.26. The molecule has 112 valence electrons. The summed E-state index contributed by atoms with van der Waals surface area (Å²) in [6, 6.07) is 8.60. The van der Waals surface area contributed by atoms with Gasteiger partial charge >= 0.3 is 0 Å². The lowest BCUT2D eigenvalue weighted by Gasteiger charge is -2.18. The lowest BCUT2D eigenvalue weighted by molar-refractivity contribution is 0.513. The smallest absolute Gasteiger partial charge is 0.0578 e. The first-order chi connectivity index (χ1) is 10.2. The van der Waals surface area contributed by atoms with Gasteiger partial charge in [-0.25, -0.2) is 0 Å². The van der Waals surface area contributed by atoms with Crippen LogP contribution in [0.2, 0.25) is 0 Å². The highest BCUT2D eigenvalue weighted by molar-refractivity contribution is 9.10. The van der Waals surface area contributed by atoms with Gasteiger partial charge in [0, 0.05) is 29.0 Å². The van der Waals surface area contributed by atoms with Crippen molar-refractivity contribution >= 4 is 15.9 Å². The summed E-state index contributed by atoms with van der Waals surface area (Å²) in [5.41, 5.74) is 3.44. The first-order valence-electron chi connectivity index (χ1n) is 7.51. The van der Waals surface area contributed by atoms with Crippen LogP contribution >= 0.6 is 15.9 Å². The van der Waals surface area contributed by atoms with E-state index in [9.17, 15) is 0 Å². The highest BCUT2D eigenvalue weighted by atomic mass is 79.9. The fourth-order valence-corrected chi connectivity index (χ4v) is 2.42. The molecule has 1 atom stereocenters. The minimum Gasteiger partial charge on any atom is -0.308 e. The standard InChI is InChI=1S/C17H22BrN3/c1-3-9-19-17(16-8-6-14(18)12-21-16)10-15-7-5-13(4-2)11-20-15/h5-8,11-12,17,19H,3-4,9-10H2,1-2H3. The maximum atomic E-state index is 4.56. The van der Waals surface area contributed by atoms with Crippen LogP contribution < -0.4 is 5.32 Å². The molecule has 0 saturated carbocycles. The lowest BCUT2D eigenvalue weighted by Crippen LogP contribution is -2.25. The van der Waals surface area contributed by atoms with Gasteiger partial charge in [-0.1, -0.05) is 19.9 Å². The number of nitrogens with zero attached hydrogens (tertiary/aromatic N) is 2. The Bertz CT molecular complexity index is 537. The molecule has 3 nitrogen and oxygen atoms in total. The molecule has 2 aromatic heterocycles. The topological polar surface area (TPSA) is 37.8 Å². The van der Waals surface area contributed by atoms with Gasteiger partial charge in [0.05, 0.1) is 11.7 Å². The molecular formula is C17H22BrN3. The van der Waals surface area contributed by atoms with Gasteiger partial charge in [0.2, 0.25) is 0 Å². The predicted octanol–water partition coefficient (Wildman–Crippen LogP) is 4.08. The highest BCUT2D eigenvalue weighted by Gasteiger charge is 2.13. The van der Waals surface area contributed by atoms with Crippen molar-refractivity contribution < 1.29 is 0 Å². The van der Waals surface area contributed by atoms with Gasteiger partial charge in [-0.2, -0.15) is 0 Å². The van der Waals surface area contributed by atoms with E-state index in [0.29, 0.717) is 0 Å². The minimum atomic E-state index is 0.207. The van der Waals surface area contributed by atoms with Crippen molar-refractivity contribution in [3.8, 4) is 0 Å². The predicted molar refractivity (Wildman–Crippen MR) is 90.3 cm³/mol. The third kappa shape index (κ3) is 4.90. The molecule has 0 fully saturated rings. The normalized spacial score (nSPS) is 12.3. The zero-order valence-electron chi connectivity index (χ0n) is 12.6. The van der Waals surface area contributed by atoms with Crippen molar-refractivity contribution in [3.63, 3.8) is 0 Å². The average Bonchev–Trinajstić information content (AvgIpc) is 2.53.